The highest BCUT2D eigenvalue weighted by Gasteiger charge is 2.37. The van der Waals surface area contributed by atoms with E-state index in [4.69, 9.17) is 5.11 Å². The van der Waals surface area contributed by atoms with E-state index in [9.17, 15) is 23.4 Å². The van der Waals surface area contributed by atoms with Crippen LogP contribution in [0.15, 0.2) is 29.4 Å². The van der Waals surface area contributed by atoms with Gasteiger partial charge in [0.25, 0.3) is 0 Å². The molecule has 0 saturated carbocycles. The zero-order valence-corrected chi connectivity index (χ0v) is 11.6. The lowest BCUT2D eigenvalue weighted by atomic mass is 10.2. The molecule has 1 saturated heterocycles. The molecular weight excluding hydrogens is 300 g/mol. The lowest BCUT2D eigenvalue weighted by Gasteiger charge is -2.15. The van der Waals surface area contributed by atoms with Crippen molar-refractivity contribution in [3.8, 4) is 0 Å². The van der Waals surface area contributed by atoms with Gasteiger partial charge in [-0.3, -0.25) is 4.98 Å². The molecule has 0 radical (unpaired) electrons. The normalized spacial score (nSPS) is 23.7. The third kappa shape index (κ3) is 3.45. The third-order valence-corrected chi connectivity index (χ3v) is 4.81. The van der Waals surface area contributed by atoms with Gasteiger partial charge in [-0.25, -0.2) is 13.2 Å². The Kier molecular flexibility index (Phi) is 4.37. The van der Waals surface area contributed by atoms with Gasteiger partial charge >= 0.3 is 5.97 Å². The number of β-amino-alcohol motifs (C(OH)–C–C–N with tert-alkyl or cyclic N) is 2. The van der Waals surface area contributed by atoms with Crippen LogP contribution in [0.4, 0.5) is 0 Å². The van der Waals surface area contributed by atoms with Gasteiger partial charge in [0, 0.05) is 31.6 Å². The van der Waals surface area contributed by atoms with E-state index in [2.05, 4.69) is 4.98 Å². The van der Waals surface area contributed by atoms with Crippen molar-refractivity contribution in [2.45, 2.75) is 17.1 Å². The molecule has 2 unspecified atom stereocenters. The summed E-state index contributed by atoms with van der Waals surface area (Å²) in [4.78, 5) is 14.1. The third-order valence-electron chi connectivity index (χ3n) is 3.02. The van der Waals surface area contributed by atoms with Crippen LogP contribution in [0.5, 0.6) is 0 Å². The molecule has 1 fully saturated rings. The fraction of sp³-hybridized carbons (Fsp3) is 0.333. The number of nitrogens with zero attached hydrogens (tertiary/aromatic N) is 2. The van der Waals surface area contributed by atoms with Gasteiger partial charge in [-0.15, -0.1) is 0 Å². The van der Waals surface area contributed by atoms with Crippen molar-refractivity contribution < 1.29 is 28.5 Å². The second kappa shape index (κ2) is 5.90. The van der Waals surface area contributed by atoms with Crippen molar-refractivity contribution in [1.82, 2.24) is 9.29 Å². The molecule has 1 aliphatic heterocycles. The van der Waals surface area contributed by atoms with Crippen LogP contribution in [0.2, 0.25) is 0 Å². The number of carboxylic acids is 1. The lowest BCUT2D eigenvalue weighted by molar-refractivity contribution is -0.131. The standard InChI is InChI=1S/C12H14N2O6S/c15-10-6-14(7-11(10)16)21(19,20)9-3-8(4-13-5-9)1-2-12(17)18/h1-5,10-11,15-16H,6-7H2,(H,17,18)/b2-1+. The molecular formula is C12H14N2O6S. The van der Waals surface area contributed by atoms with Crippen molar-refractivity contribution in [1.29, 1.82) is 0 Å². The molecule has 1 aromatic rings. The number of carbonyl (C=O) groups is 1. The van der Waals surface area contributed by atoms with E-state index < -0.39 is 28.2 Å². The molecule has 21 heavy (non-hydrogen) atoms. The van der Waals surface area contributed by atoms with Crippen molar-refractivity contribution >= 4 is 22.1 Å². The van der Waals surface area contributed by atoms with E-state index >= 15 is 0 Å². The van der Waals surface area contributed by atoms with Crippen molar-refractivity contribution in [2.75, 3.05) is 13.1 Å². The first-order chi connectivity index (χ1) is 9.80. The van der Waals surface area contributed by atoms with Crippen molar-refractivity contribution in [3.63, 3.8) is 0 Å². The maximum atomic E-state index is 12.3. The Labute approximate surface area is 121 Å². The number of rotatable bonds is 4. The van der Waals surface area contributed by atoms with Gasteiger partial charge in [0.2, 0.25) is 10.0 Å². The summed E-state index contributed by atoms with van der Waals surface area (Å²) in [6, 6.07) is 1.28. The summed E-state index contributed by atoms with van der Waals surface area (Å²) in [5.74, 6) is -1.16. The first-order valence-electron chi connectivity index (χ1n) is 6.03. The highest BCUT2D eigenvalue weighted by Crippen LogP contribution is 2.21. The van der Waals surface area contributed by atoms with E-state index in [0.717, 1.165) is 16.6 Å². The van der Waals surface area contributed by atoms with Crippen LogP contribution in [0, 0.1) is 0 Å². The molecule has 1 aliphatic rings. The molecule has 2 rings (SSSR count). The number of aliphatic carboxylic acids is 1. The molecule has 3 N–H and O–H groups in total. The molecule has 8 nitrogen and oxygen atoms in total. The quantitative estimate of drug-likeness (QED) is 0.602. The van der Waals surface area contributed by atoms with E-state index in [-0.39, 0.29) is 18.0 Å². The van der Waals surface area contributed by atoms with Crippen LogP contribution >= 0.6 is 0 Å². The molecule has 9 heteroatoms. The number of hydrogen-bond acceptors (Lipinski definition) is 6. The molecule has 114 valence electrons. The predicted molar refractivity (Wildman–Crippen MR) is 71.7 cm³/mol. The van der Waals surface area contributed by atoms with Gasteiger partial charge in [-0.05, 0) is 17.7 Å². The first kappa shape index (κ1) is 15.6. The topological polar surface area (TPSA) is 128 Å². The van der Waals surface area contributed by atoms with Gasteiger partial charge in [-0.1, -0.05) is 0 Å². The molecule has 0 aromatic carbocycles. The molecule has 0 spiro atoms. The van der Waals surface area contributed by atoms with Crippen LogP contribution < -0.4 is 0 Å². The monoisotopic (exact) mass is 314 g/mol. The number of pyridine rings is 1. The Morgan fingerprint density at radius 3 is 2.48 bits per heavy atom. The van der Waals surface area contributed by atoms with Crippen LogP contribution in [0.1, 0.15) is 5.56 Å². The summed E-state index contributed by atoms with van der Waals surface area (Å²) in [5, 5.41) is 27.4. The van der Waals surface area contributed by atoms with E-state index in [0.29, 0.717) is 5.56 Å². The average molecular weight is 314 g/mol. The molecule has 0 amide bonds. The number of aromatic nitrogens is 1. The minimum Gasteiger partial charge on any atom is -0.478 e. The van der Waals surface area contributed by atoms with Gasteiger partial charge in [0.1, 0.15) is 4.90 Å². The Balaban J connectivity index is 2.29. The Morgan fingerprint density at radius 2 is 1.90 bits per heavy atom. The first-order valence-corrected chi connectivity index (χ1v) is 7.47. The van der Waals surface area contributed by atoms with Gasteiger partial charge in [0.15, 0.2) is 0 Å². The number of sulfonamides is 1. The number of aliphatic hydroxyl groups excluding tert-OH is 2. The smallest absolute Gasteiger partial charge is 0.328 e. The summed E-state index contributed by atoms with van der Waals surface area (Å²) < 4.78 is 25.6. The summed E-state index contributed by atoms with van der Waals surface area (Å²) >= 11 is 0. The molecule has 2 atom stereocenters. The zero-order valence-electron chi connectivity index (χ0n) is 10.8. The Hall–Kier alpha value is -1.81. The second-order valence-corrected chi connectivity index (χ2v) is 6.52. The number of carboxylic acid groups (broad SMARTS) is 1. The largest absolute Gasteiger partial charge is 0.478 e. The average Bonchev–Trinajstić information content (AvgIpc) is 2.77. The van der Waals surface area contributed by atoms with Crippen LogP contribution in [0.3, 0.4) is 0 Å². The molecule has 0 aliphatic carbocycles. The number of hydrogen-bond donors (Lipinski definition) is 3. The fourth-order valence-corrected chi connectivity index (χ4v) is 3.39. The van der Waals surface area contributed by atoms with Gasteiger partial charge in [0.05, 0.1) is 12.2 Å². The highest BCUT2D eigenvalue weighted by molar-refractivity contribution is 7.89. The maximum Gasteiger partial charge on any atom is 0.328 e. The Bertz CT molecular complexity index is 662. The number of aliphatic hydroxyl groups is 2. The molecule has 1 aromatic heterocycles. The van der Waals surface area contributed by atoms with E-state index in [1.807, 2.05) is 0 Å². The van der Waals surface area contributed by atoms with Crippen LogP contribution in [0.25, 0.3) is 6.08 Å². The van der Waals surface area contributed by atoms with Gasteiger partial charge < -0.3 is 15.3 Å². The molecule has 2 heterocycles. The SMILES string of the molecule is O=C(O)/C=C/c1cncc(S(=O)(=O)N2CC(O)C(O)C2)c1. The highest BCUT2D eigenvalue weighted by atomic mass is 32.2. The lowest BCUT2D eigenvalue weighted by Crippen LogP contribution is -2.30. The summed E-state index contributed by atoms with van der Waals surface area (Å²) in [7, 11) is -3.90. The summed E-state index contributed by atoms with van der Waals surface area (Å²) in [6.07, 6.45) is 2.31. The van der Waals surface area contributed by atoms with Crippen molar-refractivity contribution in [2.24, 2.45) is 0 Å². The van der Waals surface area contributed by atoms with E-state index in [1.54, 1.807) is 0 Å². The second-order valence-electron chi connectivity index (χ2n) is 4.58. The molecule has 0 bridgehead atoms. The fourth-order valence-electron chi connectivity index (χ4n) is 1.92. The summed E-state index contributed by atoms with van der Waals surface area (Å²) in [5.41, 5.74) is 0.318. The van der Waals surface area contributed by atoms with Gasteiger partial charge in [-0.2, -0.15) is 4.31 Å². The summed E-state index contributed by atoms with van der Waals surface area (Å²) in [6.45, 7) is -0.391. The Morgan fingerprint density at radius 1 is 1.29 bits per heavy atom. The minimum absolute atomic E-state index is 0.128. The maximum absolute atomic E-state index is 12.3. The zero-order chi connectivity index (χ0) is 15.6. The van der Waals surface area contributed by atoms with Crippen molar-refractivity contribution in [3.05, 3.63) is 30.1 Å². The van der Waals surface area contributed by atoms with Crippen LogP contribution in [-0.4, -0.2) is 64.3 Å². The predicted octanol–water partition coefficient (Wildman–Crippen LogP) is -1.09. The minimum atomic E-state index is -3.90. The van der Waals surface area contributed by atoms with E-state index in [1.165, 1.54) is 18.3 Å². The van der Waals surface area contributed by atoms with Crippen LogP contribution in [-0.2, 0) is 14.8 Å².